The molecule has 0 atom stereocenters. The Morgan fingerprint density at radius 3 is 2.27 bits per heavy atom. The zero-order chi connectivity index (χ0) is 16.5. The van der Waals surface area contributed by atoms with E-state index in [0.717, 1.165) is 29.0 Å². The number of rotatable bonds is 3. The van der Waals surface area contributed by atoms with Crippen molar-refractivity contribution in [1.29, 1.82) is 0 Å². The summed E-state index contributed by atoms with van der Waals surface area (Å²) in [7, 11) is -4.42. The summed E-state index contributed by atoms with van der Waals surface area (Å²) in [5.74, 6) is 0. The molecule has 0 unspecified atom stereocenters. The molecule has 22 heavy (non-hydrogen) atoms. The number of hydrogen-bond donors (Lipinski definition) is 2. The molecule has 0 fully saturated rings. The van der Waals surface area contributed by atoms with Crippen molar-refractivity contribution in [2.24, 2.45) is 0 Å². The second-order valence-electron chi connectivity index (χ2n) is 4.61. The van der Waals surface area contributed by atoms with Gasteiger partial charge < -0.3 is 14.4 Å². The van der Waals surface area contributed by atoms with Gasteiger partial charge in [0.15, 0.2) is 0 Å². The lowest BCUT2D eigenvalue weighted by molar-refractivity contribution is -0.137. The summed E-state index contributed by atoms with van der Waals surface area (Å²) in [6.45, 7) is 0. The maximum absolute atomic E-state index is 12.7. The van der Waals surface area contributed by atoms with E-state index in [1.54, 1.807) is 0 Å². The standard InChI is InChI=1S/C13H11F3NO4P/c14-13(15,16)11-3-1-2-9(6-11)10-4-5-17(12(18)7-10)8-22(19,20)21/h1-7H,8H2,(H2,19,20,21). The number of benzene rings is 1. The van der Waals surface area contributed by atoms with Crippen LogP contribution in [-0.4, -0.2) is 14.4 Å². The number of pyridine rings is 1. The van der Waals surface area contributed by atoms with Gasteiger partial charge in [0, 0.05) is 12.3 Å². The fraction of sp³-hybridized carbons (Fsp3) is 0.154. The molecule has 0 spiro atoms. The van der Waals surface area contributed by atoms with E-state index in [9.17, 15) is 22.5 Å². The van der Waals surface area contributed by atoms with E-state index in [0.29, 0.717) is 0 Å². The van der Waals surface area contributed by atoms with Crippen molar-refractivity contribution in [3.05, 3.63) is 58.5 Å². The smallest absolute Gasteiger partial charge is 0.323 e. The molecule has 0 amide bonds. The minimum absolute atomic E-state index is 0.190. The third-order valence-electron chi connectivity index (χ3n) is 2.86. The number of halogens is 3. The highest BCUT2D eigenvalue weighted by Crippen LogP contribution is 2.36. The topological polar surface area (TPSA) is 79.5 Å². The Hall–Kier alpha value is -1.89. The maximum Gasteiger partial charge on any atom is 0.416 e. The van der Waals surface area contributed by atoms with Crippen molar-refractivity contribution in [2.45, 2.75) is 12.5 Å². The SMILES string of the molecule is O=c1cc(-c2cccc(C(F)(F)F)c2)ccn1CP(=O)(O)O. The first-order valence-electron chi connectivity index (χ1n) is 5.99. The van der Waals surface area contributed by atoms with Gasteiger partial charge in [-0.15, -0.1) is 0 Å². The number of hydrogen-bond acceptors (Lipinski definition) is 2. The second kappa shape index (κ2) is 5.72. The highest BCUT2D eigenvalue weighted by Gasteiger charge is 2.30. The van der Waals surface area contributed by atoms with Crippen molar-refractivity contribution >= 4 is 7.60 Å². The normalized spacial score (nSPS) is 12.4. The van der Waals surface area contributed by atoms with Gasteiger partial charge in [-0.05, 0) is 29.3 Å². The van der Waals surface area contributed by atoms with E-state index < -0.39 is 31.2 Å². The van der Waals surface area contributed by atoms with Crippen LogP contribution < -0.4 is 5.56 Å². The van der Waals surface area contributed by atoms with Gasteiger partial charge >= 0.3 is 13.8 Å². The Morgan fingerprint density at radius 2 is 1.73 bits per heavy atom. The molecule has 0 radical (unpaired) electrons. The third kappa shape index (κ3) is 4.07. The largest absolute Gasteiger partial charge is 0.416 e. The van der Waals surface area contributed by atoms with Gasteiger partial charge in [0.05, 0.1) is 5.56 Å². The van der Waals surface area contributed by atoms with Crippen LogP contribution >= 0.6 is 7.60 Å². The van der Waals surface area contributed by atoms with Crippen LogP contribution in [0.5, 0.6) is 0 Å². The van der Waals surface area contributed by atoms with Crippen LogP contribution in [0.3, 0.4) is 0 Å². The fourth-order valence-corrected chi connectivity index (χ4v) is 2.51. The number of alkyl halides is 3. The van der Waals surface area contributed by atoms with Gasteiger partial charge in [-0.2, -0.15) is 13.2 Å². The van der Waals surface area contributed by atoms with Gasteiger partial charge in [-0.25, -0.2) is 0 Å². The van der Waals surface area contributed by atoms with E-state index >= 15 is 0 Å². The average Bonchev–Trinajstić information content (AvgIpc) is 2.39. The lowest BCUT2D eigenvalue weighted by Gasteiger charge is -2.10. The van der Waals surface area contributed by atoms with Crippen LogP contribution in [0.1, 0.15) is 5.56 Å². The Morgan fingerprint density at radius 1 is 1.09 bits per heavy atom. The molecule has 5 nitrogen and oxygen atoms in total. The molecule has 0 aliphatic rings. The minimum atomic E-state index is -4.49. The molecule has 1 heterocycles. The van der Waals surface area contributed by atoms with E-state index in [2.05, 4.69) is 0 Å². The third-order valence-corrected chi connectivity index (χ3v) is 3.53. The van der Waals surface area contributed by atoms with Crippen LogP contribution in [0.2, 0.25) is 0 Å². The Bertz CT molecular complexity index is 794. The van der Waals surface area contributed by atoms with Crippen molar-refractivity contribution < 1.29 is 27.5 Å². The lowest BCUT2D eigenvalue weighted by atomic mass is 10.0. The van der Waals surface area contributed by atoms with Gasteiger partial charge in [0.2, 0.25) is 0 Å². The van der Waals surface area contributed by atoms with Crippen LogP contribution in [0.15, 0.2) is 47.4 Å². The van der Waals surface area contributed by atoms with E-state index in [4.69, 9.17) is 9.79 Å². The minimum Gasteiger partial charge on any atom is -0.323 e. The maximum atomic E-state index is 12.7. The predicted octanol–water partition coefficient (Wildman–Crippen LogP) is 2.67. The molecule has 1 aromatic heterocycles. The summed E-state index contributed by atoms with van der Waals surface area (Å²) in [6.07, 6.45) is -4.14. The summed E-state index contributed by atoms with van der Waals surface area (Å²) < 4.78 is 49.7. The molecule has 0 bridgehead atoms. The Balaban J connectivity index is 2.41. The average molecular weight is 333 g/mol. The van der Waals surface area contributed by atoms with Crippen molar-refractivity contribution in [3.8, 4) is 11.1 Å². The molecule has 0 aliphatic carbocycles. The highest BCUT2D eigenvalue weighted by molar-refractivity contribution is 7.50. The quantitative estimate of drug-likeness (QED) is 0.847. The first kappa shape index (κ1) is 16.5. The molecular weight excluding hydrogens is 322 g/mol. The predicted molar refractivity (Wildman–Crippen MR) is 73.2 cm³/mol. The zero-order valence-electron chi connectivity index (χ0n) is 11.0. The molecule has 0 saturated carbocycles. The lowest BCUT2D eigenvalue weighted by Crippen LogP contribution is -2.18. The van der Waals surface area contributed by atoms with Gasteiger partial charge in [0.1, 0.15) is 6.29 Å². The molecule has 0 saturated heterocycles. The van der Waals surface area contributed by atoms with Crippen LogP contribution in [0.25, 0.3) is 11.1 Å². The second-order valence-corrected chi connectivity index (χ2v) is 6.22. The molecule has 118 valence electrons. The van der Waals surface area contributed by atoms with E-state index in [1.165, 1.54) is 18.2 Å². The summed E-state index contributed by atoms with van der Waals surface area (Å²) in [6, 6.07) is 6.81. The molecule has 1 aromatic carbocycles. The monoisotopic (exact) mass is 333 g/mol. The van der Waals surface area contributed by atoms with E-state index in [1.807, 2.05) is 0 Å². The molecule has 0 aliphatic heterocycles. The van der Waals surface area contributed by atoms with E-state index in [-0.39, 0.29) is 11.1 Å². The fourth-order valence-electron chi connectivity index (χ4n) is 1.88. The Kier molecular flexibility index (Phi) is 4.28. The zero-order valence-corrected chi connectivity index (χ0v) is 11.9. The van der Waals surface area contributed by atoms with Crippen LogP contribution in [0, 0.1) is 0 Å². The molecular formula is C13H11F3NO4P. The number of aromatic nitrogens is 1. The highest BCUT2D eigenvalue weighted by atomic mass is 31.2. The van der Waals surface area contributed by atoms with Gasteiger partial charge in [-0.3, -0.25) is 9.36 Å². The summed E-state index contributed by atoms with van der Waals surface area (Å²) in [4.78, 5) is 29.4. The van der Waals surface area contributed by atoms with Crippen molar-refractivity contribution in [1.82, 2.24) is 4.57 Å². The van der Waals surface area contributed by atoms with Crippen molar-refractivity contribution in [3.63, 3.8) is 0 Å². The molecule has 2 rings (SSSR count). The van der Waals surface area contributed by atoms with Crippen molar-refractivity contribution in [2.75, 3.05) is 0 Å². The summed E-state index contributed by atoms with van der Waals surface area (Å²) >= 11 is 0. The molecule has 2 N–H and O–H groups in total. The number of nitrogens with zero attached hydrogens (tertiary/aromatic N) is 1. The van der Waals surface area contributed by atoms with Gasteiger partial charge in [0.25, 0.3) is 5.56 Å². The van der Waals surface area contributed by atoms with Crippen LogP contribution in [0.4, 0.5) is 13.2 Å². The first-order chi connectivity index (χ1) is 10.1. The van der Waals surface area contributed by atoms with Crippen LogP contribution in [-0.2, 0) is 17.0 Å². The first-order valence-corrected chi connectivity index (χ1v) is 7.79. The molecule has 9 heteroatoms. The summed E-state index contributed by atoms with van der Waals surface area (Å²) in [5.41, 5.74) is -1.13. The Labute approximate surface area is 122 Å². The van der Waals surface area contributed by atoms with Gasteiger partial charge in [-0.1, -0.05) is 12.1 Å². The molecule has 2 aromatic rings. The summed E-state index contributed by atoms with van der Waals surface area (Å²) in [5, 5.41) is 0.